The van der Waals surface area contributed by atoms with E-state index in [0.717, 1.165) is 5.39 Å². The van der Waals surface area contributed by atoms with Gasteiger partial charge in [0.05, 0.1) is 5.97 Å². The number of aromatic nitrogens is 1. The minimum atomic E-state index is -1.82. The van der Waals surface area contributed by atoms with Crippen molar-refractivity contribution in [2.24, 2.45) is 0 Å². The molecule has 8 nitrogen and oxygen atoms in total. The van der Waals surface area contributed by atoms with E-state index < -0.39 is 36.7 Å². The van der Waals surface area contributed by atoms with Gasteiger partial charge in [0, 0.05) is 11.6 Å². The molecule has 122 valence electrons. The Kier molecular flexibility index (Phi) is 6.16. The molecule has 0 amide bonds. The van der Waals surface area contributed by atoms with E-state index in [1.807, 2.05) is 0 Å². The molecule has 0 saturated carbocycles. The van der Waals surface area contributed by atoms with Crippen LogP contribution in [0.3, 0.4) is 0 Å². The Morgan fingerprint density at radius 3 is 2.54 bits per heavy atom. The molecule has 0 aliphatic carbocycles. The summed E-state index contributed by atoms with van der Waals surface area (Å²) in [5.74, 6) is -1.47. The summed E-state index contributed by atoms with van der Waals surface area (Å²) >= 11 is 0. The number of para-hydroxylation sites is 1. The Bertz CT molecular complexity index is 723. The number of benzene rings is 1. The maximum atomic E-state index is 11.0. The zero-order valence-corrected chi connectivity index (χ0v) is 14.8. The maximum absolute atomic E-state index is 11.0. The van der Waals surface area contributed by atoms with Crippen molar-refractivity contribution in [2.75, 3.05) is 0 Å². The number of hydrogen-bond acceptors (Lipinski definition) is 8. The molecule has 0 radical (unpaired) electrons. The van der Waals surface area contributed by atoms with Crippen LogP contribution in [0.4, 0.5) is 0 Å². The van der Waals surface area contributed by atoms with E-state index in [0.29, 0.717) is 5.52 Å². The smallest absolute Gasteiger partial charge is 0.547 e. The molecule has 0 bridgehead atoms. The van der Waals surface area contributed by atoms with Crippen LogP contribution in [0.25, 0.3) is 10.9 Å². The SMILES string of the molecule is O=C([O-])C1O[C@@H](Oc2cccc3cccnc23)C(O)[C@H](O)[C@@H]1O.[Na+]. The van der Waals surface area contributed by atoms with Gasteiger partial charge >= 0.3 is 29.6 Å². The minimum Gasteiger partial charge on any atom is -0.547 e. The van der Waals surface area contributed by atoms with Crippen molar-refractivity contribution in [1.29, 1.82) is 0 Å². The van der Waals surface area contributed by atoms with Crippen LogP contribution in [-0.2, 0) is 9.53 Å². The second-order valence-electron chi connectivity index (χ2n) is 5.17. The van der Waals surface area contributed by atoms with Crippen molar-refractivity contribution in [1.82, 2.24) is 4.98 Å². The van der Waals surface area contributed by atoms with Crippen molar-refractivity contribution < 1.29 is 64.3 Å². The first-order valence-electron chi connectivity index (χ1n) is 6.90. The minimum absolute atomic E-state index is 0. The predicted molar refractivity (Wildman–Crippen MR) is 74.1 cm³/mol. The van der Waals surface area contributed by atoms with Gasteiger partial charge < -0.3 is 34.7 Å². The van der Waals surface area contributed by atoms with Gasteiger partial charge in [-0.25, -0.2) is 0 Å². The number of nitrogens with zero attached hydrogens (tertiary/aromatic N) is 1. The van der Waals surface area contributed by atoms with Gasteiger partial charge in [0.25, 0.3) is 0 Å². The van der Waals surface area contributed by atoms with E-state index in [9.17, 15) is 25.2 Å². The fourth-order valence-corrected chi connectivity index (χ4v) is 2.44. The first kappa shape index (κ1) is 19.1. The van der Waals surface area contributed by atoms with Crippen LogP contribution in [-0.4, -0.2) is 57.0 Å². The van der Waals surface area contributed by atoms with Gasteiger partial charge in [0.2, 0.25) is 6.29 Å². The summed E-state index contributed by atoms with van der Waals surface area (Å²) in [6.45, 7) is 0. The zero-order valence-electron chi connectivity index (χ0n) is 12.8. The van der Waals surface area contributed by atoms with Gasteiger partial charge in [-0.2, -0.15) is 0 Å². The first-order valence-corrected chi connectivity index (χ1v) is 6.90. The van der Waals surface area contributed by atoms with Gasteiger partial charge in [-0.15, -0.1) is 0 Å². The molecule has 0 spiro atoms. The average Bonchev–Trinajstić information content (AvgIpc) is 2.55. The molecule has 2 heterocycles. The third-order valence-electron chi connectivity index (χ3n) is 3.64. The summed E-state index contributed by atoms with van der Waals surface area (Å²) in [6, 6.07) is 8.60. The van der Waals surface area contributed by atoms with Crippen molar-refractivity contribution >= 4 is 16.9 Å². The number of pyridine rings is 1. The van der Waals surface area contributed by atoms with Gasteiger partial charge in [-0.3, -0.25) is 4.98 Å². The topological polar surface area (TPSA) is 132 Å². The van der Waals surface area contributed by atoms with Crippen LogP contribution in [0, 0.1) is 0 Å². The van der Waals surface area contributed by atoms with Crippen LogP contribution in [0.2, 0.25) is 0 Å². The van der Waals surface area contributed by atoms with Gasteiger partial charge in [0.1, 0.15) is 35.7 Å². The number of ether oxygens (including phenoxy) is 2. The van der Waals surface area contributed by atoms with Gasteiger partial charge in [-0.05, 0) is 12.1 Å². The molecular formula is C15H14NNaO7. The summed E-state index contributed by atoms with van der Waals surface area (Å²) in [7, 11) is 0. The summed E-state index contributed by atoms with van der Waals surface area (Å²) in [5.41, 5.74) is 0.483. The van der Waals surface area contributed by atoms with Crippen LogP contribution in [0.5, 0.6) is 5.75 Å². The monoisotopic (exact) mass is 343 g/mol. The summed E-state index contributed by atoms with van der Waals surface area (Å²) < 4.78 is 10.5. The van der Waals surface area contributed by atoms with E-state index in [1.54, 1.807) is 36.5 Å². The van der Waals surface area contributed by atoms with E-state index in [1.165, 1.54) is 0 Å². The third-order valence-corrected chi connectivity index (χ3v) is 3.64. The Morgan fingerprint density at radius 1 is 1.12 bits per heavy atom. The van der Waals surface area contributed by atoms with Crippen molar-refractivity contribution in [3.8, 4) is 5.75 Å². The fourth-order valence-electron chi connectivity index (χ4n) is 2.44. The molecule has 1 aliphatic rings. The molecule has 3 N–H and O–H groups in total. The molecule has 1 aromatic carbocycles. The maximum Gasteiger partial charge on any atom is 1.00 e. The molecule has 2 unspecified atom stereocenters. The summed E-state index contributed by atoms with van der Waals surface area (Å²) in [5, 5.41) is 41.1. The molecule has 2 aromatic rings. The Balaban J connectivity index is 0.00000208. The van der Waals surface area contributed by atoms with Crippen LogP contribution >= 0.6 is 0 Å². The molecule has 3 rings (SSSR count). The molecule has 1 saturated heterocycles. The number of rotatable bonds is 3. The number of aliphatic carboxylic acids is 1. The predicted octanol–water partition coefficient (Wildman–Crippen LogP) is -4.82. The average molecular weight is 343 g/mol. The standard InChI is InChI=1S/C15H15NO7.Na/c17-10-11(18)13(14(20)21)23-15(12(10)19)22-8-5-1-3-7-4-2-6-16-9(7)8;/h1-6,10-13,15,17-19H,(H,20,21);/q;+1/p-1/t10-,11+,12?,13?,15-;/m1./s1. The van der Waals surface area contributed by atoms with Crippen LogP contribution in [0.15, 0.2) is 36.5 Å². The van der Waals surface area contributed by atoms with Crippen LogP contribution < -0.4 is 39.4 Å². The number of carboxylic acids is 1. The number of carbonyl (C=O) groups excluding carboxylic acids is 1. The second kappa shape index (κ2) is 7.75. The third kappa shape index (κ3) is 3.55. The van der Waals surface area contributed by atoms with Gasteiger partial charge in [-0.1, -0.05) is 18.2 Å². The number of fused-ring (bicyclic) bond motifs is 1. The molecule has 5 atom stereocenters. The first-order chi connectivity index (χ1) is 11.0. The normalized spacial score (nSPS) is 29.7. The van der Waals surface area contributed by atoms with E-state index in [2.05, 4.69) is 4.98 Å². The molecule has 9 heteroatoms. The molecule has 24 heavy (non-hydrogen) atoms. The number of hydrogen-bond donors (Lipinski definition) is 3. The largest absolute Gasteiger partial charge is 1.00 e. The van der Waals surface area contributed by atoms with Gasteiger partial charge in [0.15, 0.2) is 0 Å². The van der Waals surface area contributed by atoms with Crippen LogP contribution in [0.1, 0.15) is 0 Å². The quantitative estimate of drug-likeness (QED) is 0.473. The Labute approximate surface area is 158 Å². The van der Waals surface area contributed by atoms with Crippen molar-refractivity contribution in [2.45, 2.75) is 30.7 Å². The zero-order chi connectivity index (χ0) is 16.6. The molecule has 1 aromatic heterocycles. The molecule has 1 aliphatic heterocycles. The summed E-state index contributed by atoms with van der Waals surface area (Å²) in [4.78, 5) is 15.1. The number of carbonyl (C=O) groups is 1. The van der Waals surface area contributed by atoms with Crippen molar-refractivity contribution in [3.05, 3.63) is 36.5 Å². The van der Waals surface area contributed by atoms with E-state index >= 15 is 0 Å². The second-order valence-corrected chi connectivity index (χ2v) is 5.17. The fraction of sp³-hybridized carbons (Fsp3) is 0.333. The Morgan fingerprint density at radius 2 is 1.83 bits per heavy atom. The number of aliphatic hydroxyl groups excluding tert-OH is 3. The molecule has 1 fully saturated rings. The van der Waals surface area contributed by atoms with Crippen molar-refractivity contribution in [3.63, 3.8) is 0 Å². The Hall–Kier alpha value is -1.26. The number of aliphatic hydroxyl groups is 3. The van der Waals surface area contributed by atoms with E-state index in [4.69, 9.17) is 9.47 Å². The summed E-state index contributed by atoms with van der Waals surface area (Å²) in [6.07, 6.45) is -6.97. The molecular weight excluding hydrogens is 329 g/mol. The van der Waals surface area contributed by atoms with E-state index in [-0.39, 0.29) is 35.3 Å². The number of carboxylic acid groups (broad SMARTS) is 1.